The third-order valence-corrected chi connectivity index (χ3v) is 2.66. The Morgan fingerprint density at radius 2 is 2.12 bits per heavy atom. The number of aliphatic hydroxyl groups is 1. The van der Waals surface area contributed by atoms with Gasteiger partial charge in [-0.3, -0.25) is 0 Å². The Hall–Kier alpha value is -1.59. The van der Waals surface area contributed by atoms with Gasteiger partial charge in [-0.15, -0.1) is 0 Å². The van der Waals surface area contributed by atoms with Crippen LogP contribution in [0.3, 0.4) is 0 Å². The first-order valence-corrected chi connectivity index (χ1v) is 5.60. The molecular formula is C12H16N2O3. The van der Waals surface area contributed by atoms with Crippen molar-refractivity contribution in [2.75, 3.05) is 13.2 Å². The topological polar surface area (TPSA) is 70.6 Å². The van der Waals surface area contributed by atoms with Crippen LogP contribution in [0.25, 0.3) is 0 Å². The second-order valence-corrected chi connectivity index (χ2v) is 4.02. The van der Waals surface area contributed by atoms with Crippen LogP contribution in [-0.4, -0.2) is 36.5 Å². The lowest BCUT2D eigenvalue weighted by Crippen LogP contribution is -2.47. The molecule has 1 aliphatic heterocycles. The molecule has 3 N–H and O–H groups in total. The van der Waals surface area contributed by atoms with Crippen molar-refractivity contribution in [2.45, 2.75) is 18.7 Å². The van der Waals surface area contributed by atoms with E-state index in [1.165, 1.54) is 0 Å². The maximum absolute atomic E-state index is 11.5. The molecule has 0 bridgehead atoms. The number of amides is 2. The minimum atomic E-state index is -0.613. The molecule has 2 unspecified atom stereocenters. The zero-order chi connectivity index (χ0) is 12.1. The summed E-state index contributed by atoms with van der Waals surface area (Å²) in [5.74, 6) is 0. The van der Waals surface area contributed by atoms with Gasteiger partial charge in [0, 0.05) is 6.54 Å². The minimum absolute atomic E-state index is 0.281. The number of hydrogen-bond acceptors (Lipinski definition) is 3. The van der Waals surface area contributed by atoms with Gasteiger partial charge < -0.3 is 20.5 Å². The summed E-state index contributed by atoms with van der Waals surface area (Å²) in [5, 5.41) is 14.9. The number of carbonyl (C=O) groups excluding carboxylic acids is 1. The molecule has 2 rings (SSSR count). The van der Waals surface area contributed by atoms with Crippen molar-refractivity contribution in [1.29, 1.82) is 0 Å². The summed E-state index contributed by atoms with van der Waals surface area (Å²) >= 11 is 0. The van der Waals surface area contributed by atoms with Gasteiger partial charge in [0.25, 0.3) is 0 Å². The molecule has 1 saturated heterocycles. The molecule has 92 valence electrons. The molecule has 1 heterocycles. The highest BCUT2D eigenvalue weighted by Crippen LogP contribution is 2.04. The van der Waals surface area contributed by atoms with Crippen LogP contribution in [0.1, 0.15) is 5.56 Å². The highest BCUT2D eigenvalue weighted by atomic mass is 16.5. The van der Waals surface area contributed by atoms with E-state index in [1.807, 2.05) is 30.3 Å². The summed E-state index contributed by atoms with van der Waals surface area (Å²) < 4.78 is 5.04. The summed E-state index contributed by atoms with van der Waals surface area (Å²) in [4.78, 5) is 11.5. The quantitative estimate of drug-likeness (QED) is 0.704. The number of aliphatic hydroxyl groups excluding tert-OH is 1. The molecule has 2 amide bonds. The molecule has 0 saturated carbocycles. The van der Waals surface area contributed by atoms with E-state index in [0.29, 0.717) is 13.2 Å². The van der Waals surface area contributed by atoms with Gasteiger partial charge in [0.05, 0.1) is 25.4 Å². The van der Waals surface area contributed by atoms with Crippen LogP contribution in [0.4, 0.5) is 4.79 Å². The normalized spacial score (nSPS) is 23.4. The number of hydrogen-bond donors (Lipinski definition) is 3. The predicted molar refractivity (Wildman–Crippen MR) is 62.4 cm³/mol. The Bertz CT molecular complexity index is 369. The average molecular weight is 236 g/mol. The third-order valence-electron chi connectivity index (χ3n) is 2.66. The Labute approximate surface area is 99.8 Å². The van der Waals surface area contributed by atoms with Crippen molar-refractivity contribution in [2.24, 2.45) is 0 Å². The molecule has 5 heteroatoms. The van der Waals surface area contributed by atoms with E-state index in [9.17, 15) is 9.90 Å². The summed E-state index contributed by atoms with van der Waals surface area (Å²) in [6.45, 7) is 1.11. The van der Waals surface area contributed by atoms with Crippen LogP contribution in [0.15, 0.2) is 30.3 Å². The van der Waals surface area contributed by atoms with E-state index >= 15 is 0 Å². The van der Waals surface area contributed by atoms with Crippen molar-refractivity contribution < 1.29 is 14.6 Å². The molecule has 1 aromatic rings. The van der Waals surface area contributed by atoms with Gasteiger partial charge in [-0.05, 0) is 5.56 Å². The second kappa shape index (κ2) is 5.65. The number of rotatable bonds is 3. The van der Waals surface area contributed by atoms with E-state index in [0.717, 1.165) is 5.56 Å². The summed E-state index contributed by atoms with van der Waals surface area (Å²) in [7, 11) is 0. The molecular weight excluding hydrogens is 220 g/mol. The molecule has 0 radical (unpaired) electrons. The SMILES string of the molecule is O=C(NCc1ccccc1)NC1COCC1O. The van der Waals surface area contributed by atoms with Crippen LogP contribution >= 0.6 is 0 Å². The van der Waals surface area contributed by atoms with Crippen LogP contribution < -0.4 is 10.6 Å². The minimum Gasteiger partial charge on any atom is -0.388 e. The second-order valence-electron chi connectivity index (χ2n) is 4.02. The molecule has 1 aliphatic rings. The van der Waals surface area contributed by atoms with Crippen LogP contribution in [0, 0.1) is 0 Å². The third kappa shape index (κ3) is 3.44. The first kappa shape index (κ1) is 11.9. The van der Waals surface area contributed by atoms with Crippen LogP contribution in [0.5, 0.6) is 0 Å². The van der Waals surface area contributed by atoms with Gasteiger partial charge in [0.2, 0.25) is 0 Å². The lowest BCUT2D eigenvalue weighted by Gasteiger charge is -2.15. The Morgan fingerprint density at radius 1 is 1.35 bits per heavy atom. The first-order valence-electron chi connectivity index (χ1n) is 5.60. The maximum Gasteiger partial charge on any atom is 0.315 e. The van der Waals surface area contributed by atoms with Crippen molar-refractivity contribution in [3.8, 4) is 0 Å². The van der Waals surface area contributed by atoms with E-state index in [-0.39, 0.29) is 18.7 Å². The smallest absolute Gasteiger partial charge is 0.315 e. The molecule has 2 atom stereocenters. The Balaban J connectivity index is 1.74. The standard InChI is InChI=1S/C12H16N2O3/c15-11-8-17-7-10(11)14-12(16)13-6-9-4-2-1-3-5-9/h1-5,10-11,15H,6-8H2,(H2,13,14,16). The molecule has 0 spiro atoms. The van der Waals surface area contributed by atoms with Crippen molar-refractivity contribution in [1.82, 2.24) is 10.6 Å². The van der Waals surface area contributed by atoms with Gasteiger partial charge in [0.15, 0.2) is 0 Å². The zero-order valence-electron chi connectivity index (χ0n) is 9.43. The Morgan fingerprint density at radius 3 is 2.76 bits per heavy atom. The fourth-order valence-corrected chi connectivity index (χ4v) is 1.68. The van der Waals surface area contributed by atoms with Crippen LogP contribution in [-0.2, 0) is 11.3 Å². The number of nitrogens with one attached hydrogen (secondary N) is 2. The first-order chi connectivity index (χ1) is 8.25. The number of carbonyl (C=O) groups is 1. The fourth-order valence-electron chi connectivity index (χ4n) is 1.68. The van der Waals surface area contributed by atoms with Crippen LogP contribution in [0.2, 0.25) is 0 Å². The van der Waals surface area contributed by atoms with E-state index < -0.39 is 6.10 Å². The molecule has 0 aromatic heterocycles. The number of ether oxygens (including phenoxy) is 1. The zero-order valence-corrected chi connectivity index (χ0v) is 9.43. The molecule has 0 aliphatic carbocycles. The summed E-state index contributed by atoms with van der Waals surface area (Å²) in [6.07, 6.45) is -0.613. The van der Waals surface area contributed by atoms with Crippen molar-refractivity contribution in [3.05, 3.63) is 35.9 Å². The van der Waals surface area contributed by atoms with E-state index in [1.54, 1.807) is 0 Å². The Kier molecular flexibility index (Phi) is 3.95. The van der Waals surface area contributed by atoms with Crippen molar-refractivity contribution in [3.63, 3.8) is 0 Å². The lowest BCUT2D eigenvalue weighted by molar-refractivity contribution is 0.122. The molecule has 1 fully saturated rings. The largest absolute Gasteiger partial charge is 0.388 e. The monoisotopic (exact) mass is 236 g/mol. The van der Waals surface area contributed by atoms with Gasteiger partial charge in [0.1, 0.15) is 0 Å². The summed E-state index contributed by atoms with van der Waals surface area (Å²) in [6, 6.07) is 9.04. The average Bonchev–Trinajstić information content (AvgIpc) is 2.74. The van der Waals surface area contributed by atoms with Gasteiger partial charge in [-0.2, -0.15) is 0 Å². The lowest BCUT2D eigenvalue weighted by atomic mass is 10.2. The van der Waals surface area contributed by atoms with E-state index in [4.69, 9.17) is 4.74 Å². The van der Waals surface area contributed by atoms with Gasteiger partial charge in [-0.25, -0.2) is 4.79 Å². The van der Waals surface area contributed by atoms with E-state index in [2.05, 4.69) is 10.6 Å². The molecule has 5 nitrogen and oxygen atoms in total. The molecule has 1 aromatic carbocycles. The highest BCUT2D eigenvalue weighted by molar-refractivity contribution is 5.74. The summed E-state index contributed by atoms with van der Waals surface area (Å²) in [5.41, 5.74) is 1.03. The van der Waals surface area contributed by atoms with Gasteiger partial charge >= 0.3 is 6.03 Å². The number of benzene rings is 1. The molecule has 17 heavy (non-hydrogen) atoms. The maximum atomic E-state index is 11.5. The highest BCUT2D eigenvalue weighted by Gasteiger charge is 2.27. The number of urea groups is 1. The predicted octanol–water partition coefficient (Wildman–Crippen LogP) is 0.245. The van der Waals surface area contributed by atoms with Crippen molar-refractivity contribution >= 4 is 6.03 Å². The van der Waals surface area contributed by atoms with Gasteiger partial charge in [-0.1, -0.05) is 30.3 Å². The fraction of sp³-hybridized carbons (Fsp3) is 0.417.